The molecule has 2 atom stereocenters. The predicted molar refractivity (Wildman–Crippen MR) is 90.7 cm³/mol. The Labute approximate surface area is 144 Å². The van der Waals surface area contributed by atoms with E-state index in [2.05, 4.69) is 0 Å². The van der Waals surface area contributed by atoms with Crippen LogP contribution in [0.4, 0.5) is 10.1 Å². The molecule has 1 saturated heterocycles. The highest BCUT2D eigenvalue weighted by molar-refractivity contribution is 5.98. The Kier molecular flexibility index (Phi) is 4.76. The van der Waals surface area contributed by atoms with E-state index in [1.807, 2.05) is 30.3 Å². The van der Waals surface area contributed by atoms with Gasteiger partial charge in [-0.25, -0.2) is 4.39 Å². The van der Waals surface area contributed by atoms with E-state index in [0.29, 0.717) is 19.6 Å². The lowest BCUT2D eigenvalue weighted by atomic mass is 9.89. The molecular weight excluding hydrogens is 325 g/mol. The van der Waals surface area contributed by atoms with Gasteiger partial charge < -0.3 is 10.6 Å². The van der Waals surface area contributed by atoms with E-state index in [-0.39, 0.29) is 23.1 Å². The molecule has 1 aliphatic rings. The van der Waals surface area contributed by atoms with Crippen molar-refractivity contribution in [3.8, 4) is 0 Å². The summed E-state index contributed by atoms with van der Waals surface area (Å²) in [4.78, 5) is 24.8. The number of nitrogens with two attached hydrogens (primary N) is 1. The molecule has 0 aromatic heterocycles. The van der Waals surface area contributed by atoms with Crippen LogP contribution in [0.5, 0.6) is 0 Å². The number of rotatable bonds is 4. The first kappa shape index (κ1) is 17.0. The van der Waals surface area contributed by atoms with Crippen LogP contribution in [0.25, 0.3) is 0 Å². The average Bonchev–Trinajstić information content (AvgIpc) is 3.06. The van der Waals surface area contributed by atoms with Gasteiger partial charge in [0, 0.05) is 25.1 Å². The molecule has 0 radical (unpaired) electrons. The van der Waals surface area contributed by atoms with Gasteiger partial charge in [-0.15, -0.1) is 0 Å². The van der Waals surface area contributed by atoms with Gasteiger partial charge in [-0.3, -0.25) is 14.9 Å². The molecule has 1 aliphatic heterocycles. The minimum Gasteiger partial charge on any atom is -0.337 e. The minimum atomic E-state index is -0.678. The first-order valence-electron chi connectivity index (χ1n) is 7.99. The molecule has 2 N–H and O–H groups in total. The molecule has 0 aliphatic carbocycles. The standard InChI is InChI=1S/C18H18FN3O3/c19-14-6-7-17(22(24)25)15(8-14)18(23)21-10-13(9-20)16(11-21)12-4-2-1-3-5-12/h1-8,13,16H,9-11,20H2/t13-,16+/m1/s1. The minimum absolute atomic E-state index is 0.0546. The number of likely N-dealkylation sites (tertiary alicyclic amines) is 1. The third kappa shape index (κ3) is 3.36. The Morgan fingerprint density at radius 1 is 1.24 bits per heavy atom. The smallest absolute Gasteiger partial charge is 0.282 e. The predicted octanol–water partition coefficient (Wildman–Crippen LogP) is 2.55. The topological polar surface area (TPSA) is 89.5 Å². The molecule has 0 bridgehead atoms. The van der Waals surface area contributed by atoms with Gasteiger partial charge in [0.15, 0.2) is 0 Å². The maximum absolute atomic E-state index is 13.5. The Hall–Kier alpha value is -2.80. The van der Waals surface area contributed by atoms with E-state index in [9.17, 15) is 19.3 Å². The van der Waals surface area contributed by atoms with Crippen LogP contribution in [-0.2, 0) is 0 Å². The van der Waals surface area contributed by atoms with Crippen LogP contribution in [0.2, 0.25) is 0 Å². The number of carbonyl (C=O) groups is 1. The summed E-state index contributed by atoms with van der Waals surface area (Å²) in [5.74, 6) is -1.10. The summed E-state index contributed by atoms with van der Waals surface area (Å²) in [5, 5.41) is 11.2. The van der Waals surface area contributed by atoms with Crippen LogP contribution < -0.4 is 5.73 Å². The molecule has 1 heterocycles. The van der Waals surface area contributed by atoms with Crippen LogP contribution in [0.1, 0.15) is 21.8 Å². The third-order valence-corrected chi connectivity index (χ3v) is 4.64. The van der Waals surface area contributed by atoms with Gasteiger partial charge >= 0.3 is 0 Å². The molecule has 25 heavy (non-hydrogen) atoms. The average molecular weight is 343 g/mol. The number of hydrogen-bond donors (Lipinski definition) is 1. The summed E-state index contributed by atoms with van der Waals surface area (Å²) in [5.41, 5.74) is 6.31. The number of amides is 1. The molecule has 0 saturated carbocycles. The molecule has 0 spiro atoms. The van der Waals surface area contributed by atoms with Gasteiger partial charge in [-0.2, -0.15) is 0 Å². The molecule has 2 aromatic rings. The van der Waals surface area contributed by atoms with Crippen LogP contribution in [-0.4, -0.2) is 35.4 Å². The van der Waals surface area contributed by atoms with Gasteiger partial charge in [0.25, 0.3) is 11.6 Å². The van der Waals surface area contributed by atoms with E-state index in [1.54, 1.807) is 0 Å². The summed E-state index contributed by atoms with van der Waals surface area (Å²) >= 11 is 0. The van der Waals surface area contributed by atoms with E-state index >= 15 is 0 Å². The highest BCUT2D eigenvalue weighted by atomic mass is 19.1. The van der Waals surface area contributed by atoms with Crippen molar-refractivity contribution in [3.05, 3.63) is 75.6 Å². The van der Waals surface area contributed by atoms with Crippen LogP contribution >= 0.6 is 0 Å². The van der Waals surface area contributed by atoms with Gasteiger partial charge in [-0.1, -0.05) is 30.3 Å². The zero-order valence-electron chi connectivity index (χ0n) is 13.5. The second-order valence-electron chi connectivity index (χ2n) is 6.14. The van der Waals surface area contributed by atoms with Crippen LogP contribution in [0, 0.1) is 21.8 Å². The molecular formula is C18H18FN3O3. The van der Waals surface area contributed by atoms with Crippen molar-refractivity contribution in [2.24, 2.45) is 11.7 Å². The third-order valence-electron chi connectivity index (χ3n) is 4.64. The fraction of sp³-hybridized carbons (Fsp3) is 0.278. The van der Waals surface area contributed by atoms with Gasteiger partial charge in [0.1, 0.15) is 11.4 Å². The largest absolute Gasteiger partial charge is 0.337 e. The van der Waals surface area contributed by atoms with E-state index in [0.717, 1.165) is 23.8 Å². The summed E-state index contributed by atoms with van der Waals surface area (Å²) < 4.78 is 13.5. The van der Waals surface area contributed by atoms with Crippen molar-refractivity contribution in [1.29, 1.82) is 0 Å². The van der Waals surface area contributed by atoms with E-state index < -0.39 is 16.6 Å². The van der Waals surface area contributed by atoms with E-state index in [1.165, 1.54) is 4.90 Å². The maximum atomic E-state index is 13.5. The lowest BCUT2D eigenvalue weighted by molar-refractivity contribution is -0.385. The van der Waals surface area contributed by atoms with Gasteiger partial charge in [0.2, 0.25) is 0 Å². The zero-order valence-corrected chi connectivity index (χ0v) is 13.5. The van der Waals surface area contributed by atoms with Crippen molar-refractivity contribution in [2.75, 3.05) is 19.6 Å². The number of carbonyl (C=O) groups excluding carboxylic acids is 1. The second kappa shape index (κ2) is 6.98. The van der Waals surface area contributed by atoms with Crippen molar-refractivity contribution >= 4 is 11.6 Å². The van der Waals surface area contributed by atoms with Crippen molar-refractivity contribution in [2.45, 2.75) is 5.92 Å². The summed E-state index contributed by atoms with van der Waals surface area (Å²) in [7, 11) is 0. The summed E-state index contributed by atoms with van der Waals surface area (Å²) in [6.45, 7) is 1.19. The summed E-state index contributed by atoms with van der Waals surface area (Å²) in [6, 6.07) is 12.6. The number of benzene rings is 2. The Morgan fingerprint density at radius 3 is 2.60 bits per heavy atom. The molecule has 7 heteroatoms. The Balaban J connectivity index is 1.89. The zero-order chi connectivity index (χ0) is 18.0. The number of nitro groups is 1. The number of nitrogens with zero attached hydrogens (tertiary/aromatic N) is 2. The molecule has 1 amide bonds. The van der Waals surface area contributed by atoms with Gasteiger partial charge in [0.05, 0.1) is 4.92 Å². The first-order chi connectivity index (χ1) is 12.0. The SMILES string of the molecule is NC[C@@H]1CN(C(=O)c2cc(F)ccc2[N+](=O)[O-])C[C@H]1c1ccccc1. The number of hydrogen-bond acceptors (Lipinski definition) is 4. The molecule has 6 nitrogen and oxygen atoms in total. The fourth-order valence-corrected chi connectivity index (χ4v) is 3.36. The molecule has 1 fully saturated rings. The highest BCUT2D eigenvalue weighted by Crippen LogP contribution is 2.33. The quantitative estimate of drug-likeness (QED) is 0.682. The monoisotopic (exact) mass is 343 g/mol. The molecule has 0 unspecified atom stereocenters. The number of nitro benzene ring substituents is 1. The van der Waals surface area contributed by atoms with Crippen LogP contribution in [0.3, 0.4) is 0 Å². The normalized spacial score (nSPS) is 19.8. The first-order valence-corrected chi connectivity index (χ1v) is 7.99. The molecule has 130 valence electrons. The fourth-order valence-electron chi connectivity index (χ4n) is 3.36. The Bertz CT molecular complexity index is 797. The van der Waals surface area contributed by atoms with Crippen molar-refractivity contribution in [1.82, 2.24) is 4.90 Å². The maximum Gasteiger partial charge on any atom is 0.282 e. The second-order valence-corrected chi connectivity index (χ2v) is 6.14. The lowest BCUT2D eigenvalue weighted by Crippen LogP contribution is -2.30. The molecule has 2 aromatic carbocycles. The van der Waals surface area contributed by atoms with Crippen molar-refractivity contribution in [3.63, 3.8) is 0 Å². The van der Waals surface area contributed by atoms with Crippen molar-refractivity contribution < 1.29 is 14.1 Å². The van der Waals surface area contributed by atoms with E-state index in [4.69, 9.17) is 5.73 Å². The lowest BCUT2D eigenvalue weighted by Gasteiger charge is -2.17. The molecule has 3 rings (SSSR count). The van der Waals surface area contributed by atoms with Gasteiger partial charge in [-0.05, 0) is 30.2 Å². The van der Waals surface area contributed by atoms with Crippen LogP contribution in [0.15, 0.2) is 48.5 Å². The Morgan fingerprint density at radius 2 is 1.96 bits per heavy atom. The number of halogens is 1. The highest BCUT2D eigenvalue weighted by Gasteiger charge is 2.37. The summed E-state index contributed by atoms with van der Waals surface area (Å²) in [6.07, 6.45) is 0.